The van der Waals surface area contributed by atoms with Gasteiger partial charge in [-0.05, 0) is 90.7 Å². The van der Waals surface area contributed by atoms with E-state index < -0.39 is 63.1 Å². The molecule has 0 saturated carbocycles. The van der Waals surface area contributed by atoms with Crippen molar-refractivity contribution in [2.75, 3.05) is 45.6 Å². The number of benzene rings is 4. The molecule has 66 heavy (non-hydrogen) atoms. The summed E-state index contributed by atoms with van der Waals surface area (Å²) in [6.45, 7) is 4.57. The van der Waals surface area contributed by atoms with Crippen LogP contribution < -0.4 is 37.1 Å². The van der Waals surface area contributed by atoms with Gasteiger partial charge in [0.25, 0.3) is 0 Å². The maximum atomic E-state index is 14.8. The molecule has 16 heteroatoms. The smallest absolute Gasteiger partial charge is 0.226 e. The Labute approximate surface area is 388 Å². The van der Waals surface area contributed by atoms with Crippen LogP contribution in [0.5, 0.6) is 11.5 Å². The third-order valence-corrected chi connectivity index (χ3v) is 12.4. The molecule has 4 aromatic rings. The quantitative estimate of drug-likeness (QED) is 0.0716. The fraction of sp³-hybridized carbons (Fsp3) is 0.420. The number of hydrogen-bond donors (Lipinski definition) is 5. The lowest BCUT2D eigenvalue weighted by Gasteiger charge is -2.32. The number of sulfonamides is 1. The Morgan fingerprint density at radius 1 is 0.803 bits per heavy atom. The molecule has 9 N–H and O–H groups in total. The Morgan fingerprint density at radius 2 is 1.41 bits per heavy atom. The van der Waals surface area contributed by atoms with E-state index in [4.69, 9.17) is 31.8 Å². The molecule has 1 aliphatic rings. The summed E-state index contributed by atoms with van der Waals surface area (Å²) in [7, 11) is -2.77. The Morgan fingerprint density at radius 3 is 2.00 bits per heavy atom. The van der Waals surface area contributed by atoms with Crippen molar-refractivity contribution < 1.29 is 41.9 Å². The maximum absolute atomic E-state index is 14.8. The number of ether oxygens (including phenoxy) is 2. The molecule has 5 rings (SSSR count). The topological polar surface area (TPSA) is 257 Å². The summed E-state index contributed by atoms with van der Waals surface area (Å²) >= 11 is 0. The fourth-order valence-electron chi connectivity index (χ4n) is 8.19. The summed E-state index contributed by atoms with van der Waals surface area (Å²) in [6, 6.07) is 23.2. The highest BCUT2D eigenvalue weighted by atomic mass is 32.2. The molecule has 0 unspecified atom stereocenters. The summed E-state index contributed by atoms with van der Waals surface area (Å²) in [4.78, 5) is 72.0. The number of Topliss-reactive ketones (excluding diaryl/α,β-unsaturated/α-hetero) is 3. The second-order valence-electron chi connectivity index (χ2n) is 17.0. The van der Waals surface area contributed by atoms with Crippen LogP contribution in [0.15, 0.2) is 84.9 Å². The van der Waals surface area contributed by atoms with Gasteiger partial charge < -0.3 is 36.9 Å². The van der Waals surface area contributed by atoms with Crippen LogP contribution in [0.4, 0.5) is 0 Å². The van der Waals surface area contributed by atoms with E-state index in [9.17, 15) is 32.4 Å². The second-order valence-corrected chi connectivity index (χ2v) is 18.6. The molecular weight excluding hydrogens is 861 g/mol. The number of fused-ring (bicyclic) bond motifs is 5. The predicted molar refractivity (Wildman–Crippen MR) is 255 cm³/mol. The fourth-order valence-corrected chi connectivity index (χ4v) is 8.78. The molecule has 0 fully saturated rings. The van der Waals surface area contributed by atoms with E-state index in [1.54, 1.807) is 48.5 Å². The normalized spacial score (nSPS) is 17.0. The first-order valence-corrected chi connectivity index (χ1v) is 24.3. The molecule has 1 heterocycles. The van der Waals surface area contributed by atoms with Crippen molar-refractivity contribution in [3.63, 3.8) is 0 Å². The van der Waals surface area contributed by atoms with E-state index in [0.717, 1.165) is 30.4 Å². The molecule has 0 aliphatic carbocycles. The van der Waals surface area contributed by atoms with Crippen molar-refractivity contribution in [3.8, 4) is 33.8 Å². The molecule has 0 aromatic heterocycles. The van der Waals surface area contributed by atoms with Gasteiger partial charge in [-0.1, -0.05) is 80.9 Å². The largest absolute Gasteiger partial charge is 0.492 e. The Bertz CT molecular complexity index is 2440. The van der Waals surface area contributed by atoms with E-state index >= 15 is 0 Å². The molecule has 4 aromatic carbocycles. The van der Waals surface area contributed by atoms with E-state index in [2.05, 4.69) is 36.5 Å². The molecule has 4 bridgehead atoms. The Kier molecular flexibility index (Phi) is 18.7. The number of carbonyl (C=O) groups is 5. The van der Waals surface area contributed by atoms with Crippen molar-refractivity contribution in [2.45, 2.75) is 77.3 Å². The molecule has 354 valence electrons. The molecule has 4 atom stereocenters. The van der Waals surface area contributed by atoms with Crippen molar-refractivity contribution in [3.05, 3.63) is 107 Å². The molecule has 0 spiro atoms. The van der Waals surface area contributed by atoms with Crippen molar-refractivity contribution in [1.82, 2.24) is 10.2 Å². The first-order chi connectivity index (χ1) is 31.6. The number of amides is 2. The van der Waals surface area contributed by atoms with Gasteiger partial charge in [-0.15, -0.1) is 0 Å². The number of nitrogens with two attached hydrogens (primary N) is 4. The van der Waals surface area contributed by atoms with Crippen LogP contribution in [-0.4, -0.2) is 94.2 Å². The second kappa shape index (κ2) is 24.1. The molecular formula is C50H64N6O9S. The number of hydrogen-bond acceptors (Lipinski definition) is 12. The number of unbranched alkanes of at least 4 members (excludes halogenated alkanes) is 1. The SMILES string of the molecule is CCCCc1ccc(-c2ccc(C(=O)C[C@@H](CCCN)C(=O)N(C)[C@@H]3C(=O)C[C@@H](C)C(=O)N[C@H](C(=O)CS(N)(=O)=O)Cc4ccc(OCCN)c(c4)-c4cc3ccc4OCCN)cc2)cc1. The summed E-state index contributed by atoms with van der Waals surface area (Å²) in [6.07, 6.45) is 3.32. The van der Waals surface area contributed by atoms with Gasteiger partial charge in [-0.3, -0.25) is 24.0 Å². The molecule has 15 nitrogen and oxygen atoms in total. The highest BCUT2D eigenvalue weighted by Gasteiger charge is 2.36. The monoisotopic (exact) mass is 924 g/mol. The first-order valence-electron chi connectivity index (χ1n) is 22.6. The number of likely N-dealkylation sites (N-methyl/N-ethyl adjacent to an activating group) is 1. The van der Waals surface area contributed by atoms with Crippen molar-refractivity contribution >= 4 is 39.2 Å². The third-order valence-electron chi connectivity index (χ3n) is 11.7. The van der Waals surface area contributed by atoms with Crippen LogP contribution in [0.2, 0.25) is 0 Å². The standard InChI is InChI=1S/C50H64N6O9S/c1-4-5-7-33-9-12-35(13-10-33)36-14-16-37(17-15-36)43(57)30-39(8-6-21-51)50(61)56(3)48-38-18-20-47(65-25-23-53)41(29-38)40-27-34(11-19-46(40)64-24-22-52)28-42(45(59)31-66(54,62)63)55-49(60)32(2)26-44(48)58/h9-20,27,29,32,39,42,48H,4-8,21-26,28,30-31,51-53H2,1-3H3,(H,55,60)(H2,54,62,63)/t32-,39-,42+,48+/m1/s1. The van der Waals surface area contributed by atoms with Gasteiger partial charge >= 0.3 is 0 Å². The van der Waals surface area contributed by atoms with Crippen molar-refractivity contribution in [1.29, 1.82) is 0 Å². The first kappa shape index (κ1) is 51.2. The van der Waals surface area contributed by atoms with Crippen LogP contribution in [0.25, 0.3) is 22.3 Å². The zero-order chi connectivity index (χ0) is 48.0. The zero-order valence-corrected chi connectivity index (χ0v) is 38.9. The van der Waals surface area contributed by atoms with Crippen LogP contribution in [-0.2, 0) is 42.0 Å². The van der Waals surface area contributed by atoms with Crippen LogP contribution in [0.3, 0.4) is 0 Å². The minimum Gasteiger partial charge on any atom is -0.492 e. The van der Waals surface area contributed by atoms with Crippen LogP contribution in [0.1, 0.15) is 85.5 Å². The summed E-state index contributed by atoms with van der Waals surface area (Å²) in [5, 5.41) is 7.91. The van der Waals surface area contributed by atoms with Gasteiger partial charge in [0.1, 0.15) is 36.5 Å². The van der Waals surface area contributed by atoms with E-state index in [-0.39, 0.29) is 64.3 Å². The minimum atomic E-state index is -4.27. The number of nitrogens with zero attached hydrogens (tertiary/aromatic N) is 1. The lowest BCUT2D eigenvalue weighted by molar-refractivity contribution is -0.142. The minimum absolute atomic E-state index is 0.122. The highest BCUT2D eigenvalue weighted by Crippen LogP contribution is 2.41. The zero-order valence-electron chi connectivity index (χ0n) is 38.1. The van der Waals surface area contributed by atoms with Gasteiger partial charge in [0.05, 0.1) is 6.04 Å². The van der Waals surface area contributed by atoms with E-state index in [1.807, 2.05) is 12.1 Å². The van der Waals surface area contributed by atoms with Gasteiger partial charge in [-0.25, -0.2) is 13.6 Å². The summed E-state index contributed by atoms with van der Waals surface area (Å²) in [5.74, 6) is -4.92. The van der Waals surface area contributed by atoms with E-state index in [0.29, 0.717) is 45.7 Å². The van der Waals surface area contributed by atoms with E-state index in [1.165, 1.54) is 24.4 Å². The average Bonchev–Trinajstić information content (AvgIpc) is 3.30. The highest BCUT2D eigenvalue weighted by molar-refractivity contribution is 7.89. The van der Waals surface area contributed by atoms with Gasteiger partial charge in [0.2, 0.25) is 21.8 Å². The number of ketones is 3. The molecule has 0 saturated heterocycles. The molecule has 2 amide bonds. The van der Waals surface area contributed by atoms with Gasteiger partial charge in [-0.2, -0.15) is 0 Å². The lowest BCUT2D eigenvalue weighted by Crippen LogP contribution is -2.47. The predicted octanol–water partition coefficient (Wildman–Crippen LogP) is 4.66. The number of nitrogens with one attached hydrogen (secondary N) is 1. The summed E-state index contributed by atoms with van der Waals surface area (Å²) < 4.78 is 36.3. The third kappa shape index (κ3) is 13.9. The average molecular weight is 925 g/mol. The number of primary sulfonamides is 1. The number of aryl methyl sites for hydroxylation is 1. The number of carbonyl (C=O) groups excluding carboxylic acids is 5. The molecule has 1 aliphatic heterocycles. The number of rotatable bonds is 21. The van der Waals surface area contributed by atoms with Crippen molar-refractivity contribution in [2.24, 2.45) is 34.2 Å². The maximum Gasteiger partial charge on any atom is 0.226 e. The summed E-state index contributed by atoms with van der Waals surface area (Å²) in [5.41, 5.74) is 23.1. The lowest BCUT2D eigenvalue weighted by atomic mass is 9.88. The Hall–Kier alpha value is -5.78. The Balaban J connectivity index is 1.55. The van der Waals surface area contributed by atoms with Gasteiger partial charge in [0, 0.05) is 61.5 Å². The van der Waals surface area contributed by atoms with Crippen LogP contribution >= 0.6 is 0 Å². The van der Waals surface area contributed by atoms with Crippen LogP contribution in [0, 0.1) is 11.8 Å². The van der Waals surface area contributed by atoms with Gasteiger partial charge in [0.15, 0.2) is 17.3 Å². The molecule has 0 radical (unpaired) electrons.